The third-order valence-corrected chi connectivity index (χ3v) is 2.69. The first-order chi connectivity index (χ1) is 8.36. The summed E-state index contributed by atoms with van der Waals surface area (Å²) >= 11 is 2.95. The summed E-state index contributed by atoms with van der Waals surface area (Å²) in [5.41, 5.74) is 3.89. The number of nitrogens with one attached hydrogen (secondary N) is 1. The summed E-state index contributed by atoms with van der Waals surface area (Å²) in [6.45, 7) is 0.620. The van der Waals surface area contributed by atoms with Gasteiger partial charge in [0.15, 0.2) is 0 Å². The minimum absolute atomic E-state index is 0.253. The van der Waals surface area contributed by atoms with E-state index in [9.17, 15) is 18.0 Å². The molecule has 3 nitrogen and oxygen atoms in total. The molecule has 1 aromatic carbocycles. The van der Waals surface area contributed by atoms with Crippen LogP contribution in [0.2, 0.25) is 0 Å². The molecule has 0 aromatic heterocycles. The van der Waals surface area contributed by atoms with Crippen molar-refractivity contribution in [2.24, 2.45) is 5.73 Å². The number of carbonyl (C=O) groups is 1. The molecule has 0 fully saturated rings. The van der Waals surface area contributed by atoms with Gasteiger partial charge in [-0.15, -0.1) is 0 Å². The maximum atomic E-state index is 12.8. The Balaban J connectivity index is 2.97. The van der Waals surface area contributed by atoms with E-state index in [2.05, 4.69) is 21.2 Å². The SMILES string of the molecule is NCCCNC(=O)c1ccc(Br)cc1C(F)(F)F. The molecule has 0 bridgehead atoms. The van der Waals surface area contributed by atoms with Crippen molar-refractivity contribution < 1.29 is 18.0 Å². The van der Waals surface area contributed by atoms with E-state index in [1.807, 2.05) is 0 Å². The average molecular weight is 325 g/mol. The Kier molecular flexibility index (Phi) is 5.15. The maximum absolute atomic E-state index is 12.8. The molecular formula is C11H12BrF3N2O. The maximum Gasteiger partial charge on any atom is 0.417 e. The highest BCUT2D eigenvalue weighted by molar-refractivity contribution is 9.10. The molecule has 1 rings (SSSR count). The lowest BCUT2D eigenvalue weighted by Crippen LogP contribution is -2.28. The van der Waals surface area contributed by atoms with Crippen LogP contribution in [0.25, 0.3) is 0 Å². The Bertz CT molecular complexity index is 435. The van der Waals surface area contributed by atoms with Crippen molar-refractivity contribution in [3.05, 3.63) is 33.8 Å². The van der Waals surface area contributed by atoms with E-state index in [1.165, 1.54) is 6.07 Å². The molecule has 0 saturated heterocycles. The van der Waals surface area contributed by atoms with Crippen molar-refractivity contribution in [2.45, 2.75) is 12.6 Å². The molecular weight excluding hydrogens is 313 g/mol. The van der Waals surface area contributed by atoms with Crippen molar-refractivity contribution in [2.75, 3.05) is 13.1 Å². The quantitative estimate of drug-likeness (QED) is 0.836. The Hall–Kier alpha value is -1.08. The van der Waals surface area contributed by atoms with Gasteiger partial charge in [-0.1, -0.05) is 15.9 Å². The van der Waals surface area contributed by atoms with E-state index in [-0.39, 0.29) is 16.6 Å². The summed E-state index contributed by atoms with van der Waals surface area (Å²) in [4.78, 5) is 11.6. The second-order valence-corrected chi connectivity index (χ2v) is 4.50. The van der Waals surface area contributed by atoms with Crippen LogP contribution in [-0.4, -0.2) is 19.0 Å². The molecule has 0 heterocycles. The number of benzene rings is 1. The molecule has 3 N–H and O–H groups in total. The number of hydrogen-bond donors (Lipinski definition) is 2. The van der Waals surface area contributed by atoms with Crippen LogP contribution in [0.1, 0.15) is 22.3 Å². The van der Waals surface area contributed by atoms with Gasteiger partial charge < -0.3 is 11.1 Å². The highest BCUT2D eigenvalue weighted by atomic mass is 79.9. The third-order valence-electron chi connectivity index (χ3n) is 2.20. The van der Waals surface area contributed by atoms with E-state index in [0.29, 0.717) is 13.0 Å². The van der Waals surface area contributed by atoms with Crippen molar-refractivity contribution in [1.29, 1.82) is 0 Å². The summed E-state index contributed by atoms with van der Waals surface area (Å²) in [6, 6.07) is 3.43. The topological polar surface area (TPSA) is 55.1 Å². The van der Waals surface area contributed by atoms with Gasteiger partial charge in [0.05, 0.1) is 11.1 Å². The van der Waals surface area contributed by atoms with Crippen LogP contribution in [0.4, 0.5) is 13.2 Å². The molecule has 0 aliphatic heterocycles. The van der Waals surface area contributed by atoms with Crippen LogP contribution in [0.15, 0.2) is 22.7 Å². The van der Waals surface area contributed by atoms with E-state index in [1.54, 1.807) is 0 Å². The summed E-state index contributed by atoms with van der Waals surface area (Å²) in [7, 11) is 0. The number of carbonyl (C=O) groups excluding carboxylic acids is 1. The monoisotopic (exact) mass is 324 g/mol. The van der Waals surface area contributed by atoms with E-state index in [4.69, 9.17) is 5.73 Å². The molecule has 7 heteroatoms. The normalized spacial score (nSPS) is 11.4. The Labute approximate surface area is 111 Å². The highest BCUT2D eigenvalue weighted by Gasteiger charge is 2.35. The smallest absolute Gasteiger partial charge is 0.352 e. The first-order valence-corrected chi connectivity index (χ1v) is 6.00. The summed E-state index contributed by atoms with van der Waals surface area (Å²) in [6.07, 6.45) is -4.05. The van der Waals surface area contributed by atoms with Gasteiger partial charge in [-0.2, -0.15) is 13.2 Å². The van der Waals surface area contributed by atoms with Gasteiger partial charge in [0.25, 0.3) is 5.91 Å². The molecule has 0 saturated carbocycles. The van der Waals surface area contributed by atoms with Gasteiger partial charge in [-0.05, 0) is 31.2 Å². The second kappa shape index (κ2) is 6.19. The molecule has 18 heavy (non-hydrogen) atoms. The van der Waals surface area contributed by atoms with Crippen molar-refractivity contribution in [3.8, 4) is 0 Å². The molecule has 0 atom stereocenters. The minimum Gasteiger partial charge on any atom is -0.352 e. The lowest BCUT2D eigenvalue weighted by atomic mass is 10.1. The van der Waals surface area contributed by atoms with Crippen LogP contribution >= 0.6 is 15.9 Å². The van der Waals surface area contributed by atoms with Gasteiger partial charge in [0, 0.05) is 11.0 Å². The van der Waals surface area contributed by atoms with Crippen LogP contribution in [-0.2, 0) is 6.18 Å². The van der Waals surface area contributed by atoms with Gasteiger partial charge >= 0.3 is 6.18 Å². The van der Waals surface area contributed by atoms with Crippen LogP contribution in [0, 0.1) is 0 Å². The zero-order valence-corrected chi connectivity index (χ0v) is 10.9. The fourth-order valence-corrected chi connectivity index (χ4v) is 1.71. The molecule has 1 amide bonds. The van der Waals surface area contributed by atoms with Crippen LogP contribution in [0.5, 0.6) is 0 Å². The molecule has 0 spiro atoms. The number of amides is 1. The fraction of sp³-hybridized carbons (Fsp3) is 0.364. The second-order valence-electron chi connectivity index (χ2n) is 3.59. The van der Waals surface area contributed by atoms with Crippen molar-refractivity contribution in [3.63, 3.8) is 0 Å². The van der Waals surface area contributed by atoms with Gasteiger partial charge in [0.1, 0.15) is 0 Å². The summed E-state index contributed by atoms with van der Waals surface area (Å²) < 4.78 is 38.5. The summed E-state index contributed by atoms with van der Waals surface area (Å²) in [5.74, 6) is -0.747. The first-order valence-electron chi connectivity index (χ1n) is 5.21. The van der Waals surface area contributed by atoms with Crippen LogP contribution < -0.4 is 11.1 Å². The molecule has 1 aromatic rings. The number of hydrogen-bond acceptors (Lipinski definition) is 2. The fourth-order valence-electron chi connectivity index (χ4n) is 1.35. The van der Waals surface area contributed by atoms with Gasteiger partial charge in [-0.3, -0.25) is 4.79 Å². The molecule has 0 unspecified atom stereocenters. The predicted molar refractivity (Wildman–Crippen MR) is 65.1 cm³/mol. The number of nitrogens with two attached hydrogens (primary N) is 1. The summed E-state index contributed by atoms with van der Waals surface area (Å²) in [5, 5.41) is 2.40. The van der Waals surface area contributed by atoms with E-state index < -0.39 is 17.6 Å². The van der Waals surface area contributed by atoms with Crippen molar-refractivity contribution in [1.82, 2.24) is 5.32 Å². The third kappa shape index (κ3) is 3.99. The Morgan fingerprint density at radius 3 is 2.61 bits per heavy atom. The largest absolute Gasteiger partial charge is 0.417 e. The number of halogens is 4. The standard InChI is InChI=1S/C11H12BrF3N2O/c12-7-2-3-8(9(6-7)11(13,14)15)10(18)17-5-1-4-16/h2-3,6H,1,4-5,16H2,(H,17,18). The number of alkyl halides is 3. The molecule has 0 aliphatic rings. The van der Waals surface area contributed by atoms with Gasteiger partial charge in [-0.25, -0.2) is 0 Å². The lowest BCUT2D eigenvalue weighted by molar-refractivity contribution is -0.138. The Morgan fingerprint density at radius 2 is 2.06 bits per heavy atom. The lowest BCUT2D eigenvalue weighted by Gasteiger charge is -2.13. The molecule has 100 valence electrons. The highest BCUT2D eigenvalue weighted by Crippen LogP contribution is 2.33. The minimum atomic E-state index is -4.57. The van der Waals surface area contributed by atoms with E-state index >= 15 is 0 Å². The zero-order valence-electron chi connectivity index (χ0n) is 9.35. The van der Waals surface area contributed by atoms with Crippen molar-refractivity contribution >= 4 is 21.8 Å². The van der Waals surface area contributed by atoms with E-state index in [0.717, 1.165) is 12.1 Å². The predicted octanol–water partition coefficient (Wildman–Crippen LogP) is 2.55. The molecule has 0 radical (unpaired) electrons. The first kappa shape index (κ1) is 15.0. The Morgan fingerprint density at radius 1 is 1.39 bits per heavy atom. The molecule has 0 aliphatic carbocycles. The average Bonchev–Trinajstić information content (AvgIpc) is 2.28. The zero-order chi connectivity index (χ0) is 13.8. The number of rotatable bonds is 4. The van der Waals surface area contributed by atoms with Gasteiger partial charge in [0.2, 0.25) is 0 Å². The van der Waals surface area contributed by atoms with Crippen LogP contribution in [0.3, 0.4) is 0 Å².